The SMILES string of the molecule is C=CCCOc1c(OCCC=C)c(=O)c1=O. The fourth-order valence-corrected chi connectivity index (χ4v) is 1.10. The molecule has 4 nitrogen and oxygen atoms in total. The molecule has 0 unspecified atom stereocenters. The minimum absolute atomic E-state index is 0.0379. The lowest BCUT2D eigenvalue weighted by Crippen LogP contribution is -2.34. The van der Waals surface area contributed by atoms with E-state index in [9.17, 15) is 9.59 Å². The van der Waals surface area contributed by atoms with Crippen molar-refractivity contribution in [2.45, 2.75) is 12.8 Å². The van der Waals surface area contributed by atoms with Gasteiger partial charge in [-0.1, -0.05) is 12.2 Å². The van der Waals surface area contributed by atoms with Crippen molar-refractivity contribution in [2.24, 2.45) is 0 Å². The monoisotopic (exact) mass is 222 g/mol. The van der Waals surface area contributed by atoms with Gasteiger partial charge in [-0.15, -0.1) is 13.2 Å². The Balaban J connectivity index is 2.58. The minimum Gasteiger partial charge on any atom is -0.486 e. The van der Waals surface area contributed by atoms with Crippen LogP contribution in [-0.4, -0.2) is 13.2 Å². The summed E-state index contributed by atoms with van der Waals surface area (Å²) in [7, 11) is 0. The van der Waals surface area contributed by atoms with Gasteiger partial charge in [0.1, 0.15) is 0 Å². The average molecular weight is 222 g/mol. The van der Waals surface area contributed by atoms with E-state index in [1.807, 2.05) is 0 Å². The molecule has 0 heterocycles. The standard InChI is InChI=1S/C12H14O4/c1-3-5-7-15-11-9(13)10(14)12(11)16-8-6-4-2/h3-4H,1-2,5-8H2. The van der Waals surface area contributed by atoms with Crippen LogP contribution in [0.15, 0.2) is 34.9 Å². The highest BCUT2D eigenvalue weighted by atomic mass is 16.5. The van der Waals surface area contributed by atoms with E-state index in [2.05, 4.69) is 13.2 Å². The van der Waals surface area contributed by atoms with Gasteiger partial charge in [-0.3, -0.25) is 9.59 Å². The Morgan fingerprint density at radius 1 is 0.875 bits per heavy atom. The maximum absolute atomic E-state index is 11.1. The topological polar surface area (TPSA) is 52.6 Å². The molecule has 0 aliphatic carbocycles. The van der Waals surface area contributed by atoms with Gasteiger partial charge in [0.15, 0.2) is 0 Å². The van der Waals surface area contributed by atoms with Crippen molar-refractivity contribution in [1.29, 1.82) is 0 Å². The third-order valence-electron chi connectivity index (χ3n) is 1.96. The van der Waals surface area contributed by atoms with Crippen molar-refractivity contribution in [2.75, 3.05) is 13.2 Å². The Bertz CT molecular complexity index is 396. The average Bonchev–Trinajstić information content (AvgIpc) is 2.31. The Labute approximate surface area is 93.5 Å². The van der Waals surface area contributed by atoms with Crippen LogP contribution in [0.3, 0.4) is 0 Å². The number of rotatable bonds is 8. The lowest BCUT2D eigenvalue weighted by Gasteiger charge is -2.12. The van der Waals surface area contributed by atoms with Crippen LogP contribution in [-0.2, 0) is 0 Å². The van der Waals surface area contributed by atoms with Crippen LogP contribution in [0.4, 0.5) is 0 Å². The van der Waals surface area contributed by atoms with Crippen LogP contribution in [0.2, 0.25) is 0 Å². The fourth-order valence-electron chi connectivity index (χ4n) is 1.10. The third-order valence-corrected chi connectivity index (χ3v) is 1.96. The highest BCUT2D eigenvalue weighted by Crippen LogP contribution is 2.20. The van der Waals surface area contributed by atoms with Gasteiger partial charge < -0.3 is 9.47 Å². The molecule has 0 saturated heterocycles. The summed E-state index contributed by atoms with van der Waals surface area (Å²) in [5, 5.41) is 0. The summed E-state index contributed by atoms with van der Waals surface area (Å²) in [6.07, 6.45) is 4.57. The van der Waals surface area contributed by atoms with Gasteiger partial charge in [0.05, 0.1) is 13.2 Å². The summed E-state index contributed by atoms with van der Waals surface area (Å²) in [6.45, 7) is 7.70. The molecule has 0 aliphatic heterocycles. The molecule has 0 bridgehead atoms. The predicted molar refractivity (Wildman–Crippen MR) is 62.0 cm³/mol. The van der Waals surface area contributed by atoms with Crippen molar-refractivity contribution < 1.29 is 9.47 Å². The Morgan fingerprint density at radius 2 is 1.25 bits per heavy atom. The lowest BCUT2D eigenvalue weighted by molar-refractivity contribution is 0.262. The van der Waals surface area contributed by atoms with Crippen molar-refractivity contribution in [3.8, 4) is 11.5 Å². The number of ether oxygens (including phenoxy) is 2. The molecule has 0 aliphatic rings. The first kappa shape index (κ1) is 12.2. The van der Waals surface area contributed by atoms with Crippen molar-refractivity contribution in [1.82, 2.24) is 0 Å². The molecule has 86 valence electrons. The third kappa shape index (κ3) is 2.59. The maximum Gasteiger partial charge on any atom is 0.275 e. The van der Waals surface area contributed by atoms with Gasteiger partial charge in [0.2, 0.25) is 11.5 Å². The molecule has 0 N–H and O–H groups in total. The first-order valence-electron chi connectivity index (χ1n) is 5.03. The zero-order valence-electron chi connectivity index (χ0n) is 9.03. The van der Waals surface area contributed by atoms with Crippen LogP contribution < -0.4 is 20.3 Å². The molecule has 16 heavy (non-hydrogen) atoms. The molecular formula is C12H14O4. The lowest BCUT2D eigenvalue weighted by atomic mass is 10.2. The molecule has 0 spiro atoms. The zero-order chi connectivity index (χ0) is 12.0. The Morgan fingerprint density at radius 3 is 1.56 bits per heavy atom. The van der Waals surface area contributed by atoms with E-state index in [0.717, 1.165) is 0 Å². The van der Waals surface area contributed by atoms with Gasteiger partial charge in [0.25, 0.3) is 10.9 Å². The van der Waals surface area contributed by atoms with Crippen LogP contribution in [0.25, 0.3) is 0 Å². The molecule has 1 rings (SSSR count). The molecule has 0 atom stereocenters. The Hall–Kier alpha value is -1.84. The van der Waals surface area contributed by atoms with Crippen molar-refractivity contribution in [3.63, 3.8) is 0 Å². The molecular weight excluding hydrogens is 208 g/mol. The first-order valence-corrected chi connectivity index (χ1v) is 5.03. The highest BCUT2D eigenvalue weighted by Gasteiger charge is 2.23. The van der Waals surface area contributed by atoms with E-state index < -0.39 is 10.9 Å². The van der Waals surface area contributed by atoms with E-state index in [4.69, 9.17) is 9.47 Å². The van der Waals surface area contributed by atoms with Crippen LogP contribution in [0.1, 0.15) is 12.8 Å². The summed E-state index contributed by atoms with van der Waals surface area (Å²) in [4.78, 5) is 22.3. The quantitative estimate of drug-likeness (QED) is 0.376. The first-order chi connectivity index (χ1) is 7.72. The van der Waals surface area contributed by atoms with Crippen molar-refractivity contribution in [3.05, 3.63) is 45.8 Å². The molecule has 0 radical (unpaired) electrons. The van der Waals surface area contributed by atoms with Gasteiger partial charge in [-0.25, -0.2) is 0 Å². The highest BCUT2D eigenvalue weighted by molar-refractivity contribution is 5.45. The second kappa shape index (κ2) is 5.90. The molecule has 4 heteroatoms. The summed E-state index contributed by atoms with van der Waals surface area (Å²) < 4.78 is 10.3. The normalized spacial score (nSPS) is 10.0. The smallest absolute Gasteiger partial charge is 0.275 e. The summed E-state index contributed by atoms with van der Waals surface area (Å²) in [6, 6.07) is 0. The largest absolute Gasteiger partial charge is 0.486 e. The second-order valence-electron chi connectivity index (χ2n) is 3.17. The molecule has 0 aromatic heterocycles. The zero-order valence-corrected chi connectivity index (χ0v) is 9.03. The summed E-state index contributed by atoms with van der Waals surface area (Å²) in [5.74, 6) is 0.0758. The van der Waals surface area contributed by atoms with Gasteiger partial charge in [0, 0.05) is 0 Å². The fraction of sp³-hybridized carbons (Fsp3) is 0.333. The van der Waals surface area contributed by atoms with Crippen LogP contribution >= 0.6 is 0 Å². The second-order valence-corrected chi connectivity index (χ2v) is 3.17. The Kier molecular flexibility index (Phi) is 4.51. The van der Waals surface area contributed by atoms with E-state index in [1.54, 1.807) is 12.2 Å². The number of hydrogen-bond donors (Lipinski definition) is 0. The van der Waals surface area contributed by atoms with Gasteiger partial charge in [-0.2, -0.15) is 0 Å². The molecule has 0 saturated carbocycles. The maximum atomic E-state index is 11.1. The summed E-state index contributed by atoms with van der Waals surface area (Å²) in [5.41, 5.74) is -1.23. The van der Waals surface area contributed by atoms with Gasteiger partial charge in [-0.05, 0) is 12.8 Å². The molecule has 1 aromatic carbocycles. The van der Waals surface area contributed by atoms with Gasteiger partial charge >= 0.3 is 0 Å². The molecule has 0 fully saturated rings. The van der Waals surface area contributed by atoms with Crippen molar-refractivity contribution >= 4 is 0 Å². The number of hydrogen-bond acceptors (Lipinski definition) is 4. The van der Waals surface area contributed by atoms with E-state index in [-0.39, 0.29) is 11.5 Å². The van der Waals surface area contributed by atoms with E-state index >= 15 is 0 Å². The van der Waals surface area contributed by atoms with E-state index in [0.29, 0.717) is 26.1 Å². The summed E-state index contributed by atoms with van der Waals surface area (Å²) >= 11 is 0. The van der Waals surface area contributed by atoms with E-state index in [1.165, 1.54) is 0 Å². The minimum atomic E-state index is -0.613. The van der Waals surface area contributed by atoms with Crippen LogP contribution in [0, 0.1) is 0 Å². The predicted octanol–water partition coefficient (Wildman–Crippen LogP) is 1.19. The van der Waals surface area contributed by atoms with Crippen LogP contribution in [0.5, 0.6) is 11.5 Å². The molecule has 1 aromatic rings. The molecule has 0 amide bonds.